The molecule has 19 heavy (non-hydrogen) atoms. The summed E-state index contributed by atoms with van der Waals surface area (Å²) >= 11 is 3.41. The van der Waals surface area contributed by atoms with Gasteiger partial charge in [0.05, 0.1) is 0 Å². The zero-order chi connectivity index (χ0) is 14.5. The molecule has 0 bridgehead atoms. The second kappa shape index (κ2) is 7.40. The number of alkyl halides is 1. The van der Waals surface area contributed by atoms with Gasteiger partial charge in [0.25, 0.3) is 10.0 Å². The summed E-state index contributed by atoms with van der Waals surface area (Å²) in [6, 6.07) is 0. The second-order valence-corrected chi connectivity index (χ2v) is 7.07. The molecule has 1 heterocycles. The van der Waals surface area contributed by atoms with Crippen LogP contribution in [0.4, 0.5) is 0 Å². The molecule has 110 valence electrons. The summed E-state index contributed by atoms with van der Waals surface area (Å²) in [6.07, 6.45) is 3.41. The summed E-state index contributed by atoms with van der Waals surface area (Å²) in [5.41, 5.74) is 0. The predicted molar refractivity (Wildman–Crippen MR) is 80.0 cm³/mol. The van der Waals surface area contributed by atoms with Gasteiger partial charge in [-0.3, -0.25) is 0 Å². The first kappa shape index (κ1) is 16.7. The molecule has 7 heteroatoms. The number of nitrogens with one attached hydrogen (secondary N) is 1. The lowest BCUT2D eigenvalue weighted by Gasteiger charge is -2.07. The van der Waals surface area contributed by atoms with E-state index in [0.717, 1.165) is 30.5 Å². The third-order valence-electron chi connectivity index (χ3n) is 3.00. The number of aromatic nitrogens is 2. The largest absolute Gasteiger partial charge is 0.334 e. The van der Waals surface area contributed by atoms with Crippen LogP contribution < -0.4 is 4.72 Å². The van der Waals surface area contributed by atoms with Gasteiger partial charge in [-0.25, -0.2) is 18.1 Å². The fourth-order valence-corrected chi connectivity index (χ4v) is 3.14. The van der Waals surface area contributed by atoms with Gasteiger partial charge in [-0.05, 0) is 32.6 Å². The first-order chi connectivity index (χ1) is 8.90. The molecule has 1 aromatic heterocycles. The number of imidazole rings is 1. The van der Waals surface area contributed by atoms with E-state index in [4.69, 9.17) is 0 Å². The van der Waals surface area contributed by atoms with Crippen molar-refractivity contribution in [2.75, 3.05) is 11.9 Å². The van der Waals surface area contributed by atoms with Crippen LogP contribution in [-0.2, 0) is 16.6 Å². The fourth-order valence-electron chi connectivity index (χ4n) is 1.74. The monoisotopic (exact) mass is 351 g/mol. The number of halogens is 1. The van der Waals surface area contributed by atoms with Crippen LogP contribution in [0, 0.1) is 12.8 Å². The standard InChI is InChI=1S/C12H22BrN3O2S/c1-4-16-9-12(15-11(16)3)19(17,18)14-7-5-6-10(2)8-13/h9-10,14H,4-8H2,1-3H3. The van der Waals surface area contributed by atoms with E-state index < -0.39 is 10.0 Å². The summed E-state index contributed by atoms with van der Waals surface area (Å²) in [6.45, 7) is 7.07. The van der Waals surface area contributed by atoms with Gasteiger partial charge in [0.1, 0.15) is 5.82 Å². The maximum absolute atomic E-state index is 12.0. The molecule has 5 nitrogen and oxygen atoms in total. The van der Waals surface area contributed by atoms with E-state index in [1.165, 1.54) is 0 Å². The summed E-state index contributed by atoms with van der Waals surface area (Å²) in [5, 5.41) is 1.06. The van der Waals surface area contributed by atoms with Crippen molar-refractivity contribution in [1.29, 1.82) is 0 Å². The van der Waals surface area contributed by atoms with Crippen LogP contribution in [0.25, 0.3) is 0 Å². The van der Waals surface area contributed by atoms with Gasteiger partial charge in [0.15, 0.2) is 5.03 Å². The zero-order valence-corrected chi connectivity index (χ0v) is 14.1. The summed E-state index contributed by atoms with van der Waals surface area (Å²) < 4.78 is 28.5. The van der Waals surface area contributed by atoms with Gasteiger partial charge >= 0.3 is 0 Å². The van der Waals surface area contributed by atoms with Crippen molar-refractivity contribution in [3.05, 3.63) is 12.0 Å². The average Bonchev–Trinajstić information content (AvgIpc) is 2.76. The van der Waals surface area contributed by atoms with E-state index in [1.54, 1.807) is 13.1 Å². The Morgan fingerprint density at radius 3 is 2.74 bits per heavy atom. The van der Waals surface area contributed by atoms with Crippen molar-refractivity contribution >= 4 is 26.0 Å². The van der Waals surface area contributed by atoms with E-state index in [9.17, 15) is 8.42 Å². The van der Waals surface area contributed by atoms with E-state index in [1.807, 2.05) is 11.5 Å². The zero-order valence-electron chi connectivity index (χ0n) is 11.7. The predicted octanol–water partition coefficient (Wildman–Crippen LogP) is 2.30. The van der Waals surface area contributed by atoms with Crippen LogP contribution >= 0.6 is 15.9 Å². The second-order valence-electron chi connectivity index (χ2n) is 4.71. The highest BCUT2D eigenvalue weighted by Crippen LogP contribution is 2.10. The molecule has 0 amide bonds. The molecule has 0 aliphatic carbocycles. The molecule has 1 rings (SSSR count). The number of nitrogens with zero attached hydrogens (tertiary/aromatic N) is 2. The van der Waals surface area contributed by atoms with Crippen molar-refractivity contribution in [1.82, 2.24) is 14.3 Å². The number of hydrogen-bond donors (Lipinski definition) is 1. The van der Waals surface area contributed by atoms with Crippen LogP contribution in [0.5, 0.6) is 0 Å². The smallest absolute Gasteiger partial charge is 0.259 e. The van der Waals surface area contributed by atoms with E-state index in [-0.39, 0.29) is 5.03 Å². The van der Waals surface area contributed by atoms with Crippen molar-refractivity contribution < 1.29 is 8.42 Å². The van der Waals surface area contributed by atoms with Crippen molar-refractivity contribution in [2.24, 2.45) is 5.92 Å². The highest BCUT2D eigenvalue weighted by molar-refractivity contribution is 9.09. The van der Waals surface area contributed by atoms with Gasteiger partial charge in [0.2, 0.25) is 0 Å². The van der Waals surface area contributed by atoms with Gasteiger partial charge in [0, 0.05) is 24.6 Å². The Balaban J connectivity index is 2.56. The van der Waals surface area contributed by atoms with Crippen molar-refractivity contribution in [3.63, 3.8) is 0 Å². The average molecular weight is 352 g/mol. The molecular formula is C12H22BrN3O2S. The van der Waals surface area contributed by atoms with E-state index >= 15 is 0 Å². The molecule has 0 spiro atoms. The van der Waals surface area contributed by atoms with Crippen LogP contribution in [-0.4, -0.2) is 29.8 Å². The normalized spacial score (nSPS) is 13.7. The van der Waals surface area contributed by atoms with Crippen LogP contribution in [0.1, 0.15) is 32.5 Å². The molecule has 0 aliphatic heterocycles. The summed E-state index contributed by atoms with van der Waals surface area (Å²) in [4.78, 5) is 4.09. The molecular weight excluding hydrogens is 330 g/mol. The lowest BCUT2D eigenvalue weighted by Crippen LogP contribution is -2.25. The van der Waals surface area contributed by atoms with Crippen LogP contribution in [0.2, 0.25) is 0 Å². The molecule has 1 unspecified atom stereocenters. The topological polar surface area (TPSA) is 64.0 Å². The van der Waals surface area contributed by atoms with Crippen molar-refractivity contribution in [2.45, 2.75) is 45.2 Å². The lowest BCUT2D eigenvalue weighted by molar-refractivity contribution is 0.545. The Morgan fingerprint density at radius 2 is 2.21 bits per heavy atom. The maximum atomic E-state index is 12.0. The highest BCUT2D eigenvalue weighted by atomic mass is 79.9. The molecule has 1 aromatic rings. The molecule has 0 aromatic carbocycles. The third-order valence-corrected chi connectivity index (χ3v) is 5.44. The molecule has 0 saturated carbocycles. The molecule has 0 radical (unpaired) electrons. The first-order valence-corrected chi connectivity index (χ1v) is 9.10. The number of hydrogen-bond acceptors (Lipinski definition) is 3. The van der Waals surface area contributed by atoms with Gasteiger partial charge in [-0.1, -0.05) is 22.9 Å². The number of aryl methyl sites for hydroxylation is 2. The van der Waals surface area contributed by atoms with Crippen LogP contribution in [0.15, 0.2) is 11.2 Å². The maximum Gasteiger partial charge on any atom is 0.259 e. The molecule has 0 saturated heterocycles. The van der Waals surface area contributed by atoms with Gasteiger partial charge < -0.3 is 4.57 Å². The van der Waals surface area contributed by atoms with Crippen molar-refractivity contribution in [3.8, 4) is 0 Å². The molecule has 1 atom stereocenters. The van der Waals surface area contributed by atoms with Gasteiger partial charge in [-0.15, -0.1) is 0 Å². The Hall–Kier alpha value is -0.400. The SMILES string of the molecule is CCn1cc(S(=O)(=O)NCCCC(C)CBr)nc1C. The summed E-state index contributed by atoms with van der Waals surface area (Å²) in [7, 11) is -3.47. The van der Waals surface area contributed by atoms with E-state index in [2.05, 4.69) is 32.6 Å². The quantitative estimate of drug-likeness (QED) is 0.577. The molecule has 1 N–H and O–H groups in total. The Kier molecular flexibility index (Phi) is 6.49. The lowest BCUT2D eigenvalue weighted by atomic mass is 10.1. The first-order valence-electron chi connectivity index (χ1n) is 6.50. The Labute approximate surface area is 124 Å². The number of sulfonamides is 1. The number of rotatable bonds is 8. The van der Waals surface area contributed by atoms with Crippen LogP contribution in [0.3, 0.4) is 0 Å². The molecule has 0 aliphatic rings. The summed E-state index contributed by atoms with van der Waals surface area (Å²) in [5.74, 6) is 1.28. The minimum absolute atomic E-state index is 0.111. The van der Waals surface area contributed by atoms with Gasteiger partial charge in [-0.2, -0.15) is 0 Å². The minimum atomic E-state index is -3.47. The Bertz CT molecular complexity index is 499. The third kappa shape index (κ3) is 4.89. The fraction of sp³-hybridized carbons (Fsp3) is 0.750. The van der Waals surface area contributed by atoms with E-state index in [0.29, 0.717) is 12.5 Å². The highest BCUT2D eigenvalue weighted by Gasteiger charge is 2.18. The Morgan fingerprint density at radius 1 is 1.53 bits per heavy atom. The minimum Gasteiger partial charge on any atom is -0.334 e. The molecule has 0 fully saturated rings.